The molecule has 0 N–H and O–H groups in total. The third-order valence-electron chi connectivity index (χ3n) is 6.48. The summed E-state index contributed by atoms with van der Waals surface area (Å²) in [5.74, 6) is 0.602. The standard InChI is InChI=1S/C29H25ClN4O4/c1-17-31-25-11-8-21(13-26(25)38-17)33(2)27(35)15-34-29(36)24-14-22(37-16-18-6-7-18)9-10-23(24)28(32-34)19-4-3-5-20(30)12-19/h3-5,8-14,18H,6-7,15-16H2,1-2H3/i2D3. The maximum Gasteiger partial charge on any atom is 0.275 e. The Balaban J connectivity index is 1.43. The first-order valence-electron chi connectivity index (χ1n) is 13.7. The van der Waals surface area contributed by atoms with Crippen molar-refractivity contribution in [3.05, 3.63) is 81.9 Å². The Bertz CT molecular complexity index is 1860. The molecule has 1 aliphatic rings. The first kappa shape index (κ1) is 20.8. The summed E-state index contributed by atoms with van der Waals surface area (Å²) >= 11 is 6.25. The van der Waals surface area contributed by atoms with E-state index in [1.54, 1.807) is 55.5 Å². The molecule has 9 heteroatoms. The normalized spacial score (nSPS) is 14.7. The largest absolute Gasteiger partial charge is 0.493 e. The molecule has 1 amide bonds. The highest BCUT2D eigenvalue weighted by molar-refractivity contribution is 6.30. The second-order valence-corrected chi connectivity index (χ2v) is 9.83. The van der Waals surface area contributed by atoms with E-state index in [0.29, 0.717) is 61.8 Å². The highest BCUT2D eigenvalue weighted by atomic mass is 35.5. The Morgan fingerprint density at radius 3 is 2.84 bits per heavy atom. The maximum atomic E-state index is 13.7. The van der Waals surface area contributed by atoms with E-state index in [2.05, 4.69) is 10.1 Å². The molecular weight excluding hydrogens is 504 g/mol. The summed E-state index contributed by atoms with van der Waals surface area (Å²) in [5, 5.41) is 5.84. The lowest BCUT2D eigenvalue weighted by Gasteiger charge is -2.18. The molecular formula is C29H25ClN4O4. The number of likely N-dealkylation sites (N-methyl/N-ethyl adjacent to an activating group) is 1. The van der Waals surface area contributed by atoms with Crippen LogP contribution >= 0.6 is 11.6 Å². The van der Waals surface area contributed by atoms with Crippen LogP contribution in [-0.2, 0) is 11.3 Å². The molecule has 1 fully saturated rings. The van der Waals surface area contributed by atoms with E-state index in [4.69, 9.17) is 24.9 Å². The predicted octanol–water partition coefficient (Wildman–Crippen LogP) is 5.62. The van der Waals surface area contributed by atoms with Crippen molar-refractivity contribution in [1.82, 2.24) is 14.8 Å². The van der Waals surface area contributed by atoms with Crippen LogP contribution in [0.4, 0.5) is 5.69 Å². The van der Waals surface area contributed by atoms with Crippen LogP contribution in [-0.4, -0.2) is 34.3 Å². The van der Waals surface area contributed by atoms with Gasteiger partial charge in [-0.2, -0.15) is 5.10 Å². The quantitative estimate of drug-likeness (QED) is 0.271. The van der Waals surface area contributed by atoms with Crippen LogP contribution in [0.1, 0.15) is 22.8 Å². The zero-order valence-electron chi connectivity index (χ0n) is 23.5. The van der Waals surface area contributed by atoms with E-state index in [-0.39, 0.29) is 11.1 Å². The third kappa shape index (κ3) is 4.75. The summed E-state index contributed by atoms with van der Waals surface area (Å²) in [4.78, 5) is 32.2. The van der Waals surface area contributed by atoms with Crippen LogP contribution in [0.15, 0.2) is 69.9 Å². The third-order valence-corrected chi connectivity index (χ3v) is 6.72. The van der Waals surface area contributed by atoms with E-state index in [1.807, 2.05) is 0 Å². The second kappa shape index (κ2) is 9.61. The van der Waals surface area contributed by atoms with Crippen molar-refractivity contribution in [2.24, 2.45) is 5.92 Å². The lowest BCUT2D eigenvalue weighted by molar-refractivity contribution is -0.119. The van der Waals surface area contributed by atoms with Gasteiger partial charge in [-0.3, -0.25) is 9.59 Å². The zero-order valence-corrected chi connectivity index (χ0v) is 21.2. The molecule has 8 nitrogen and oxygen atoms in total. The maximum absolute atomic E-state index is 13.7. The molecule has 5 aromatic rings. The van der Waals surface area contributed by atoms with Crippen molar-refractivity contribution >= 4 is 45.1 Å². The van der Waals surface area contributed by atoms with Gasteiger partial charge < -0.3 is 14.1 Å². The van der Waals surface area contributed by atoms with Gasteiger partial charge in [0.25, 0.3) is 5.56 Å². The first-order chi connectivity index (χ1) is 19.6. The van der Waals surface area contributed by atoms with Gasteiger partial charge in [0.2, 0.25) is 5.91 Å². The number of benzene rings is 3. The number of aromatic nitrogens is 3. The Morgan fingerprint density at radius 1 is 1.18 bits per heavy atom. The van der Waals surface area contributed by atoms with Crippen LogP contribution < -0.4 is 15.2 Å². The van der Waals surface area contributed by atoms with Crippen LogP contribution in [0.5, 0.6) is 5.75 Å². The Morgan fingerprint density at radius 2 is 2.05 bits per heavy atom. The smallest absolute Gasteiger partial charge is 0.275 e. The Labute approximate surface area is 227 Å². The molecule has 1 saturated carbocycles. The summed E-state index contributed by atoms with van der Waals surface area (Å²) in [7, 11) is 0. The van der Waals surface area contributed by atoms with Crippen LogP contribution in [0.2, 0.25) is 5.02 Å². The SMILES string of the molecule is [2H]C([2H])([2H])N(C(=O)Cn1nc(-c2cccc(Cl)c2)c2ccc(OCC3CC3)cc2c1=O)c1ccc2nc(C)oc2c1. The van der Waals surface area contributed by atoms with Gasteiger partial charge in [0.15, 0.2) is 11.5 Å². The van der Waals surface area contributed by atoms with Gasteiger partial charge in [-0.15, -0.1) is 0 Å². The van der Waals surface area contributed by atoms with Crippen molar-refractivity contribution in [2.75, 3.05) is 18.5 Å². The number of rotatable bonds is 7. The first-order valence-corrected chi connectivity index (χ1v) is 12.6. The van der Waals surface area contributed by atoms with Crippen molar-refractivity contribution in [3.8, 4) is 17.0 Å². The molecule has 0 radical (unpaired) electrons. The molecule has 2 heterocycles. The summed E-state index contributed by atoms with van der Waals surface area (Å²) in [6.07, 6.45) is 2.24. The predicted molar refractivity (Wildman–Crippen MR) is 147 cm³/mol. The zero-order chi connectivity index (χ0) is 28.9. The van der Waals surface area contributed by atoms with Crippen LogP contribution in [0.25, 0.3) is 33.1 Å². The molecule has 3 aromatic carbocycles. The molecule has 1 aliphatic carbocycles. The van der Waals surface area contributed by atoms with Crippen molar-refractivity contribution in [2.45, 2.75) is 26.3 Å². The van der Waals surface area contributed by atoms with E-state index in [9.17, 15) is 9.59 Å². The number of aryl methyl sites for hydroxylation is 1. The number of nitrogens with zero attached hydrogens (tertiary/aromatic N) is 4. The summed E-state index contributed by atoms with van der Waals surface area (Å²) in [6.45, 7) is -1.24. The average Bonchev–Trinajstić information content (AvgIpc) is 3.67. The number of ether oxygens (including phenoxy) is 1. The Hall–Kier alpha value is -4.17. The monoisotopic (exact) mass is 531 g/mol. The van der Waals surface area contributed by atoms with E-state index >= 15 is 0 Å². The molecule has 6 rings (SSSR count). The van der Waals surface area contributed by atoms with E-state index in [1.165, 1.54) is 12.1 Å². The summed E-state index contributed by atoms with van der Waals surface area (Å²) in [5.41, 5.74) is 1.45. The van der Waals surface area contributed by atoms with Crippen LogP contribution in [0.3, 0.4) is 0 Å². The minimum Gasteiger partial charge on any atom is -0.493 e. The van der Waals surface area contributed by atoms with Crippen molar-refractivity contribution < 1.29 is 18.1 Å². The van der Waals surface area contributed by atoms with Gasteiger partial charge in [0.05, 0.1) is 17.7 Å². The second-order valence-electron chi connectivity index (χ2n) is 9.40. The lowest BCUT2D eigenvalue weighted by Crippen LogP contribution is -2.35. The van der Waals surface area contributed by atoms with Gasteiger partial charge in [0, 0.05) is 45.7 Å². The number of fused-ring (bicyclic) bond motifs is 2. The number of carbonyl (C=O) groups excluding carboxylic acids is 1. The van der Waals surface area contributed by atoms with E-state index in [0.717, 1.165) is 17.5 Å². The fourth-order valence-electron chi connectivity index (χ4n) is 4.32. The molecule has 192 valence electrons. The summed E-state index contributed by atoms with van der Waals surface area (Å²) < 4.78 is 36.7. The minimum atomic E-state index is -2.85. The van der Waals surface area contributed by atoms with Crippen molar-refractivity contribution in [1.29, 1.82) is 0 Å². The topological polar surface area (TPSA) is 90.5 Å². The summed E-state index contributed by atoms with van der Waals surface area (Å²) in [6, 6.07) is 16.7. The van der Waals surface area contributed by atoms with Gasteiger partial charge in [0.1, 0.15) is 17.8 Å². The number of oxazole rings is 1. The highest BCUT2D eigenvalue weighted by Gasteiger charge is 2.23. The molecule has 0 bridgehead atoms. The average molecular weight is 532 g/mol. The van der Waals surface area contributed by atoms with Crippen LogP contribution in [0, 0.1) is 12.8 Å². The lowest BCUT2D eigenvalue weighted by atomic mass is 10.0. The number of hydrogen-bond acceptors (Lipinski definition) is 6. The van der Waals surface area contributed by atoms with Gasteiger partial charge in [-0.25, -0.2) is 9.67 Å². The molecule has 0 atom stereocenters. The minimum absolute atomic E-state index is 0.0818. The van der Waals surface area contributed by atoms with Gasteiger partial charge in [-0.1, -0.05) is 23.7 Å². The number of halogens is 1. The molecule has 0 saturated heterocycles. The molecule has 38 heavy (non-hydrogen) atoms. The number of amides is 1. The van der Waals surface area contributed by atoms with E-state index < -0.39 is 25.0 Å². The van der Waals surface area contributed by atoms with Gasteiger partial charge in [-0.05, 0) is 61.2 Å². The molecule has 0 unspecified atom stereocenters. The fourth-order valence-corrected chi connectivity index (χ4v) is 4.51. The molecule has 0 spiro atoms. The van der Waals surface area contributed by atoms with Crippen molar-refractivity contribution in [3.63, 3.8) is 0 Å². The number of carbonyl (C=O) groups is 1. The fraction of sp³-hybridized carbons (Fsp3) is 0.241. The number of anilines is 1. The van der Waals surface area contributed by atoms with Gasteiger partial charge >= 0.3 is 0 Å². The number of hydrogen-bond donors (Lipinski definition) is 0. The Kier molecular flexibility index (Phi) is 5.27. The highest BCUT2D eigenvalue weighted by Crippen LogP contribution is 2.32. The molecule has 0 aliphatic heterocycles. The molecule has 2 aromatic heterocycles.